The standard InChI is InChI=1S/C19H18Cl2N2O2/c1-3-9-25-19-17(21)10-14(11-18(19)24-4-2)12-22-23-13-15-7-5-6-8-16(15)20/h1,5-8,10-12,23H,4,9,13H2,2H3/b22-12-. The molecule has 0 bridgehead atoms. The summed E-state index contributed by atoms with van der Waals surface area (Å²) in [5, 5.41) is 5.30. The lowest BCUT2D eigenvalue weighted by atomic mass is 10.2. The number of hydrogen-bond donors (Lipinski definition) is 1. The molecule has 4 nitrogen and oxygen atoms in total. The van der Waals surface area contributed by atoms with Crippen LogP contribution in [0.3, 0.4) is 0 Å². The maximum atomic E-state index is 6.26. The molecule has 0 saturated heterocycles. The first-order valence-corrected chi connectivity index (χ1v) is 8.43. The van der Waals surface area contributed by atoms with Gasteiger partial charge < -0.3 is 14.9 Å². The van der Waals surface area contributed by atoms with Crippen molar-refractivity contribution in [3.63, 3.8) is 0 Å². The second-order valence-corrected chi connectivity index (χ2v) is 5.75. The molecule has 0 atom stereocenters. The highest BCUT2D eigenvalue weighted by Gasteiger charge is 2.11. The Labute approximate surface area is 157 Å². The quantitative estimate of drug-likeness (QED) is 0.418. The van der Waals surface area contributed by atoms with Gasteiger partial charge in [0.25, 0.3) is 0 Å². The number of rotatable bonds is 8. The highest BCUT2D eigenvalue weighted by Crippen LogP contribution is 2.36. The van der Waals surface area contributed by atoms with Gasteiger partial charge in [-0.1, -0.05) is 47.3 Å². The minimum atomic E-state index is 0.118. The summed E-state index contributed by atoms with van der Waals surface area (Å²) in [6, 6.07) is 11.1. The SMILES string of the molecule is C#CCOc1c(Cl)cc(/C=N\NCc2ccccc2Cl)cc1OCC. The second-order valence-electron chi connectivity index (χ2n) is 4.94. The molecule has 1 N–H and O–H groups in total. The predicted octanol–water partition coefficient (Wildman–Crippen LogP) is 4.53. The zero-order valence-corrected chi connectivity index (χ0v) is 15.3. The monoisotopic (exact) mass is 376 g/mol. The normalized spacial score (nSPS) is 10.5. The van der Waals surface area contributed by atoms with Crippen molar-refractivity contribution in [1.29, 1.82) is 0 Å². The van der Waals surface area contributed by atoms with Gasteiger partial charge in [0, 0.05) is 5.02 Å². The smallest absolute Gasteiger partial charge is 0.181 e. The van der Waals surface area contributed by atoms with E-state index < -0.39 is 0 Å². The molecule has 0 saturated carbocycles. The van der Waals surface area contributed by atoms with E-state index in [1.807, 2.05) is 31.2 Å². The second kappa shape index (κ2) is 9.83. The lowest BCUT2D eigenvalue weighted by Crippen LogP contribution is -2.06. The number of hydrazone groups is 1. The van der Waals surface area contributed by atoms with Crippen molar-refractivity contribution in [1.82, 2.24) is 5.43 Å². The van der Waals surface area contributed by atoms with Crippen LogP contribution in [0.15, 0.2) is 41.5 Å². The molecule has 0 heterocycles. The Morgan fingerprint density at radius 2 is 2.00 bits per heavy atom. The highest BCUT2D eigenvalue weighted by atomic mass is 35.5. The fourth-order valence-corrected chi connectivity index (χ4v) is 2.55. The minimum Gasteiger partial charge on any atom is -0.490 e. The van der Waals surface area contributed by atoms with Crippen LogP contribution in [-0.2, 0) is 6.54 Å². The van der Waals surface area contributed by atoms with Crippen LogP contribution >= 0.6 is 23.2 Å². The van der Waals surface area contributed by atoms with Crippen molar-refractivity contribution in [3.05, 3.63) is 57.6 Å². The Kier molecular flexibility index (Phi) is 7.46. The largest absolute Gasteiger partial charge is 0.490 e. The zero-order valence-electron chi connectivity index (χ0n) is 13.8. The molecular formula is C19H18Cl2N2O2. The number of nitrogens with one attached hydrogen (secondary N) is 1. The molecule has 0 spiro atoms. The average Bonchev–Trinajstić information content (AvgIpc) is 2.60. The molecule has 0 aliphatic carbocycles. The van der Waals surface area contributed by atoms with Gasteiger partial charge in [-0.05, 0) is 36.2 Å². The first-order chi connectivity index (χ1) is 12.2. The first kappa shape index (κ1) is 19.0. The summed E-state index contributed by atoms with van der Waals surface area (Å²) in [6.07, 6.45) is 6.87. The van der Waals surface area contributed by atoms with Crippen molar-refractivity contribution < 1.29 is 9.47 Å². The number of halogens is 2. The van der Waals surface area contributed by atoms with Crippen molar-refractivity contribution in [3.8, 4) is 23.8 Å². The highest BCUT2D eigenvalue weighted by molar-refractivity contribution is 6.32. The summed E-state index contributed by atoms with van der Waals surface area (Å²) in [7, 11) is 0. The number of ether oxygens (including phenoxy) is 2. The van der Waals surface area contributed by atoms with E-state index in [1.165, 1.54) is 0 Å². The van der Waals surface area contributed by atoms with Crippen LogP contribution in [0.25, 0.3) is 0 Å². The summed E-state index contributed by atoms with van der Waals surface area (Å²) in [5.74, 6) is 3.36. The van der Waals surface area contributed by atoms with Crippen LogP contribution in [0.1, 0.15) is 18.1 Å². The molecule has 0 aliphatic heterocycles. The van der Waals surface area contributed by atoms with Crippen LogP contribution in [-0.4, -0.2) is 19.4 Å². The number of terminal acetylenes is 1. The van der Waals surface area contributed by atoms with Gasteiger partial charge in [0.05, 0.1) is 24.4 Å². The van der Waals surface area contributed by atoms with Gasteiger partial charge in [0.1, 0.15) is 6.61 Å². The van der Waals surface area contributed by atoms with E-state index in [2.05, 4.69) is 16.4 Å². The molecule has 0 aliphatic rings. The van der Waals surface area contributed by atoms with Crippen LogP contribution in [0, 0.1) is 12.3 Å². The molecule has 0 aromatic heterocycles. The molecular weight excluding hydrogens is 359 g/mol. The van der Waals surface area contributed by atoms with Gasteiger partial charge in [0.2, 0.25) is 0 Å². The van der Waals surface area contributed by atoms with Crippen LogP contribution < -0.4 is 14.9 Å². The third kappa shape index (κ3) is 5.60. The summed E-state index contributed by atoms with van der Waals surface area (Å²) in [4.78, 5) is 0. The van der Waals surface area contributed by atoms with Gasteiger partial charge in [-0.3, -0.25) is 0 Å². The van der Waals surface area contributed by atoms with E-state index in [1.54, 1.807) is 18.3 Å². The van der Waals surface area contributed by atoms with Crippen molar-refractivity contribution >= 4 is 29.4 Å². The minimum absolute atomic E-state index is 0.118. The Bertz CT molecular complexity index is 785. The number of nitrogens with zero attached hydrogens (tertiary/aromatic N) is 1. The molecule has 0 fully saturated rings. The fourth-order valence-electron chi connectivity index (χ4n) is 2.07. The third-order valence-electron chi connectivity index (χ3n) is 3.16. The summed E-state index contributed by atoms with van der Waals surface area (Å²) in [6.45, 7) is 3.00. The lowest BCUT2D eigenvalue weighted by Gasteiger charge is -2.12. The van der Waals surface area contributed by atoms with E-state index in [9.17, 15) is 0 Å². The average molecular weight is 377 g/mol. The van der Waals surface area contributed by atoms with Gasteiger partial charge >= 0.3 is 0 Å². The Balaban J connectivity index is 2.08. The predicted molar refractivity (Wildman–Crippen MR) is 103 cm³/mol. The van der Waals surface area contributed by atoms with E-state index in [4.69, 9.17) is 39.1 Å². The van der Waals surface area contributed by atoms with Crippen LogP contribution in [0.2, 0.25) is 10.0 Å². The number of benzene rings is 2. The van der Waals surface area contributed by atoms with Crippen molar-refractivity contribution in [2.24, 2.45) is 5.10 Å². The summed E-state index contributed by atoms with van der Waals surface area (Å²) < 4.78 is 11.0. The Morgan fingerprint density at radius 3 is 2.72 bits per heavy atom. The lowest BCUT2D eigenvalue weighted by molar-refractivity contribution is 0.299. The van der Waals surface area contributed by atoms with Gasteiger partial charge in [-0.15, -0.1) is 6.42 Å². The molecule has 0 amide bonds. The van der Waals surface area contributed by atoms with Crippen molar-refractivity contribution in [2.75, 3.05) is 13.2 Å². The molecule has 130 valence electrons. The van der Waals surface area contributed by atoms with E-state index in [0.29, 0.717) is 34.7 Å². The van der Waals surface area contributed by atoms with Gasteiger partial charge in [0.15, 0.2) is 11.5 Å². The Hall–Kier alpha value is -2.35. The first-order valence-electron chi connectivity index (χ1n) is 7.67. The molecule has 6 heteroatoms. The third-order valence-corrected chi connectivity index (χ3v) is 3.81. The van der Waals surface area contributed by atoms with Crippen LogP contribution in [0.5, 0.6) is 11.5 Å². The molecule has 2 aromatic rings. The van der Waals surface area contributed by atoms with Gasteiger partial charge in [-0.2, -0.15) is 5.10 Å². The fraction of sp³-hybridized carbons (Fsp3) is 0.211. The Morgan fingerprint density at radius 1 is 1.20 bits per heavy atom. The molecule has 2 rings (SSSR count). The summed E-state index contributed by atoms with van der Waals surface area (Å²) >= 11 is 12.4. The maximum absolute atomic E-state index is 6.26. The van der Waals surface area contributed by atoms with Crippen molar-refractivity contribution in [2.45, 2.75) is 13.5 Å². The molecule has 0 unspecified atom stereocenters. The van der Waals surface area contributed by atoms with E-state index >= 15 is 0 Å². The topological polar surface area (TPSA) is 42.8 Å². The van der Waals surface area contributed by atoms with E-state index in [-0.39, 0.29) is 6.61 Å². The number of hydrogen-bond acceptors (Lipinski definition) is 4. The zero-order chi connectivity index (χ0) is 18.1. The van der Waals surface area contributed by atoms with Gasteiger partial charge in [-0.25, -0.2) is 0 Å². The van der Waals surface area contributed by atoms with Crippen LogP contribution in [0.4, 0.5) is 0 Å². The van der Waals surface area contributed by atoms with E-state index in [0.717, 1.165) is 11.1 Å². The molecule has 0 radical (unpaired) electrons. The summed E-state index contributed by atoms with van der Waals surface area (Å²) in [5.41, 5.74) is 4.69. The molecule has 2 aromatic carbocycles. The maximum Gasteiger partial charge on any atom is 0.181 e. The molecule has 25 heavy (non-hydrogen) atoms.